The Hall–Kier alpha value is -0.810. The highest BCUT2D eigenvalue weighted by Crippen LogP contribution is 2.20. The first-order valence-corrected chi connectivity index (χ1v) is 7.05. The van der Waals surface area contributed by atoms with Crippen LogP contribution in [0, 0.1) is 0 Å². The van der Waals surface area contributed by atoms with Gasteiger partial charge in [-0.05, 0) is 50.4 Å². The molecule has 0 fully saturated rings. The molecule has 2 rings (SSSR count). The molecular weight excluding hydrogens is 278 g/mol. The number of rotatable bonds is 0. The van der Waals surface area contributed by atoms with Gasteiger partial charge in [-0.2, -0.15) is 0 Å². The molecule has 3 N–H and O–H groups in total. The maximum Gasteiger partial charge on any atom is 0.122 e. The highest BCUT2D eigenvalue weighted by molar-refractivity contribution is 5.85. The minimum atomic E-state index is -0.837. The Morgan fingerprint density at radius 2 is 1.85 bits per heavy atom. The first-order valence-electron chi connectivity index (χ1n) is 7.05. The van der Waals surface area contributed by atoms with E-state index in [2.05, 4.69) is 11.4 Å². The zero-order chi connectivity index (χ0) is 13.5. The first kappa shape index (κ1) is 17.2. The van der Waals surface area contributed by atoms with E-state index < -0.39 is 12.2 Å². The van der Waals surface area contributed by atoms with E-state index in [1.807, 2.05) is 18.2 Å². The van der Waals surface area contributed by atoms with Gasteiger partial charge in [0.25, 0.3) is 0 Å². The average Bonchev–Trinajstić information content (AvgIpc) is 2.44. The van der Waals surface area contributed by atoms with Crippen molar-refractivity contribution < 1.29 is 14.9 Å². The number of benzene rings is 1. The summed E-state index contributed by atoms with van der Waals surface area (Å²) in [5.74, 6) is 0.820. The summed E-state index contributed by atoms with van der Waals surface area (Å²) in [6, 6.07) is 7.92. The molecule has 0 aliphatic carbocycles. The zero-order valence-corrected chi connectivity index (χ0v) is 12.4. The Balaban J connectivity index is 0.00000200. The van der Waals surface area contributed by atoms with Crippen molar-refractivity contribution in [3.8, 4) is 5.75 Å². The standard InChI is InChI=1S/C15H23NO3.ClH/c17-13-8-10-16-9-4-3-6-12-5-1-2-7-15(12)19-11-14(13)18;/h1-2,5,7,13-14,16-18H,3-4,6,8-11H2;1H/t13-,14+;/m0./s1. The number of aliphatic hydroxyl groups is 2. The van der Waals surface area contributed by atoms with E-state index >= 15 is 0 Å². The summed E-state index contributed by atoms with van der Waals surface area (Å²) in [4.78, 5) is 0. The van der Waals surface area contributed by atoms with Crippen LogP contribution in [0.3, 0.4) is 0 Å². The van der Waals surface area contributed by atoms with Gasteiger partial charge in [0.2, 0.25) is 0 Å². The number of para-hydroxylation sites is 1. The minimum Gasteiger partial charge on any atom is -0.491 e. The first-order chi connectivity index (χ1) is 9.27. The van der Waals surface area contributed by atoms with Crippen LogP contribution in [0.15, 0.2) is 24.3 Å². The molecule has 0 saturated carbocycles. The van der Waals surface area contributed by atoms with Crippen LogP contribution in [0.1, 0.15) is 24.8 Å². The van der Waals surface area contributed by atoms with Gasteiger partial charge in [-0.25, -0.2) is 0 Å². The van der Waals surface area contributed by atoms with Gasteiger partial charge < -0.3 is 20.3 Å². The second-order valence-corrected chi connectivity index (χ2v) is 5.05. The molecule has 0 aromatic heterocycles. The molecule has 114 valence electrons. The van der Waals surface area contributed by atoms with Crippen molar-refractivity contribution in [2.75, 3.05) is 19.7 Å². The fourth-order valence-corrected chi connectivity index (χ4v) is 2.27. The molecule has 1 aliphatic rings. The van der Waals surface area contributed by atoms with E-state index in [1.165, 1.54) is 5.56 Å². The molecule has 1 aliphatic heterocycles. The zero-order valence-electron chi connectivity index (χ0n) is 11.6. The van der Waals surface area contributed by atoms with Crippen LogP contribution in [-0.2, 0) is 6.42 Å². The van der Waals surface area contributed by atoms with Gasteiger partial charge in [-0.15, -0.1) is 12.4 Å². The predicted octanol–water partition coefficient (Wildman–Crippen LogP) is 1.52. The largest absolute Gasteiger partial charge is 0.491 e. The number of hydrogen-bond acceptors (Lipinski definition) is 4. The Kier molecular flexibility index (Phi) is 7.92. The number of nitrogens with one attached hydrogen (secondary N) is 1. The molecule has 0 bridgehead atoms. The summed E-state index contributed by atoms with van der Waals surface area (Å²) in [5.41, 5.74) is 1.17. The molecular formula is C15H24ClNO3. The van der Waals surface area contributed by atoms with Crippen LogP contribution >= 0.6 is 12.4 Å². The minimum absolute atomic E-state index is 0. The van der Waals surface area contributed by atoms with E-state index in [4.69, 9.17) is 4.74 Å². The number of aryl methyl sites for hydroxylation is 1. The lowest BCUT2D eigenvalue weighted by Gasteiger charge is -2.19. The van der Waals surface area contributed by atoms with Gasteiger partial charge in [0.15, 0.2) is 0 Å². The molecule has 1 heterocycles. The number of aliphatic hydroxyl groups excluding tert-OH is 2. The van der Waals surface area contributed by atoms with Crippen molar-refractivity contribution in [1.82, 2.24) is 5.32 Å². The van der Waals surface area contributed by atoms with Gasteiger partial charge in [-0.3, -0.25) is 0 Å². The van der Waals surface area contributed by atoms with E-state index in [9.17, 15) is 10.2 Å². The third-order valence-electron chi connectivity index (χ3n) is 3.49. The Morgan fingerprint density at radius 1 is 1.05 bits per heavy atom. The van der Waals surface area contributed by atoms with Gasteiger partial charge in [0.1, 0.15) is 18.5 Å². The summed E-state index contributed by atoms with van der Waals surface area (Å²) in [5, 5.41) is 23.0. The number of fused-ring (bicyclic) bond motifs is 1. The Bertz CT molecular complexity index is 389. The summed E-state index contributed by atoms with van der Waals surface area (Å²) in [6.45, 7) is 1.81. The number of hydrogen-bond donors (Lipinski definition) is 3. The molecule has 5 heteroatoms. The maximum absolute atomic E-state index is 9.85. The van der Waals surface area contributed by atoms with Crippen LogP contribution in [0.25, 0.3) is 0 Å². The normalized spacial score (nSPS) is 24.9. The van der Waals surface area contributed by atoms with Gasteiger partial charge in [-0.1, -0.05) is 18.2 Å². The number of ether oxygens (including phenoxy) is 1. The second-order valence-electron chi connectivity index (χ2n) is 5.05. The summed E-state index contributed by atoms with van der Waals surface area (Å²) >= 11 is 0. The third-order valence-corrected chi connectivity index (χ3v) is 3.49. The predicted molar refractivity (Wildman–Crippen MR) is 81.6 cm³/mol. The van der Waals surface area contributed by atoms with Crippen molar-refractivity contribution in [2.24, 2.45) is 0 Å². The molecule has 4 nitrogen and oxygen atoms in total. The van der Waals surface area contributed by atoms with Gasteiger partial charge >= 0.3 is 0 Å². The van der Waals surface area contributed by atoms with Crippen molar-refractivity contribution in [2.45, 2.75) is 37.9 Å². The molecule has 0 amide bonds. The lowest BCUT2D eigenvalue weighted by atomic mass is 10.1. The summed E-state index contributed by atoms with van der Waals surface area (Å²) in [6.07, 6.45) is 2.17. The van der Waals surface area contributed by atoms with Gasteiger partial charge in [0.05, 0.1) is 6.10 Å². The van der Waals surface area contributed by atoms with Crippen LogP contribution in [0.5, 0.6) is 5.75 Å². The monoisotopic (exact) mass is 301 g/mol. The van der Waals surface area contributed by atoms with Crippen LogP contribution in [0.4, 0.5) is 0 Å². The highest BCUT2D eigenvalue weighted by atomic mass is 35.5. The topological polar surface area (TPSA) is 61.7 Å². The van der Waals surface area contributed by atoms with Crippen molar-refractivity contribution in [1.29, 1.82) is 0 Å². The SMILES string of the molecule is Cl.O[C@@H]1COc2ccccc2CCCCNCC[C@@H]1O. The van der Waals surface area contributed by atoms with E-state index in [0.717, 1.165) is 38.1 Å². The third kappa shape index (κ3) is 5.29. The molecule has 0 radical (unpaired) electrons. The van der Waals surface area contributed by atoms with Gasteiger partial charge in [0, 0.05) is 0 Å². The van der Waals surface area contributed by atoms with Crippen LogP contribution in [0.2, 0.25) is 0 Å². The van der Waals surface area contributed by atoms with Crippen molar-refractivity contribution in [3.05, 3.63) is 29.8 Å². The maximum atomic E-state index is 9.85. The molecule has 1 aromatic carbocycles. The molecule has 0 saturated heterocycles. The molecule has 20 heavy (non-hydrogen) atoms. The lowest BCUT2D eigenvalue weighted by Crippen LogP contribution is -2.34. The van der Waals surface area contributed by atoms with E-state index in [1.54, 1.807) is 0 Å². The van der Waals surface area contributed by atoms with Crippen molar-refractivity contribution in [3.63, 3.8) is 0 Å². The fourth-order valence-electron chi connectivity index (χ4n) is 2.27. The molecule has 0 unspecified atom stereocenters. The fraction of sp³-hybridized carbons (Fsp3) is 0.600. The number of halogens is 1. The lowest BCUT2D eigenvalue weighted by molar-refractivity contribution is -0.0112. The summed E-state index contributed by atoms with van der Waals surface area (Å²) in [7, 11) is 0. The van der Waals surface area contributed by atoms with Crippen molar-refractivity contribution >= 4 is 12.4 Å². The van der Waals surface area contributed by atoms with Crippen LogP contribution in [-0.4, -0.2) is 42.1 Å². The summed E-state index contributed by atoms with van der Waals surface area (Å²) < 4.78 is 5.65. The highest BCUT2D eigenvalue weighted by Gasteiger charge is 2.17. The van der Waals surface area contributed by atoms with E-state index in [0.29, 0.717) is 6.42 Å². The smallest absolute Gasteiger partial charge is 0.122 e. The quantitative estimate of drug-likeness (QED) is 0.680. The second kappa shape index (κ2) is 9.19. The van der Waals surface area contributed by atoms with Crippen LogP contribution < -0.4 is 10.1 Å². The average molecular weight is 302 g/mol. The Labute approximate surface area is 126 Å². The van der Waals surface area contributed by atoms with E-state index in [-0.39, 0.29) is 19.0 Å². The molecule has 1 aromatic rings. The molecule has 0 spiro atoms. The molecule has 2 atom stereocenters. The Morgan fingerprint density at radius 3 is 2.70 bits per heavy atom.